The Labute approximate surface area is 222 Å². The van der Waals surface area contributed by atoms with Crippen molar-refractivity contribution in [3.63, 3.8) is 0 Å². The van der Waals surface area contributed by atoms with E-state index in [1.807, 2.05) is 36.4 Å². The molecule has 9 heteroatoms. The number of oxime groups is 2. The minimum Gasteiger partial charge on any atom is -0.432 e. The number of likely N-dealkylation sites (N-methyl/N-ethyl adjacent to an activating group) is 1. The number of hydrogen-bond acceptors (Lipinski definition) is 6. The summed E-state index contributed by atoms with van der Waals surface area (Å²) in [7, 11) is 2.89. The third-order valence-electron chi connectivity index (χ3n) is 4.88. The molecule has 7 nitrogen and oxygen atoms in total. The zero-order valence-electron chi connectivity index (χ0n) is 19.8. The van der Waals surface area contributed by atoms with E-state index in [4.69, 9.17) is 14.4 Å². The van der Waals surface area contributed by atoms with Crippen LogP contribution in [0.5, 0.6) is 5.75 Å². The average molecular weight is 601 g/mol. The lowest BCUT2D eigenvalue weighted by atomic mass is 10.0. The molecule has 0 aliphatic carbocycles. The van der Waals surface area contributed by atoms with E-state index in [1.54, 1.807) is 42.5 Å². The van der Waals surface area contributed by atoms with Gasteiger partial charge in [0.05, 0.1) is 5.71 Å². The molecule has 3 aromatic rings. The number of nitrogens with zero attached hydrogens (tertiary/aromatic N) is 2. The van der Waals surface area contributed by atoms with Crippen molar-refractivity contribution in [2.45, 2.75) is 6.61 Å². The van der Waals surface area contributed by atoms with Gasteiger partial charge in [0.25, 0.3) is 11.9 Å². The molecule has 0 aliphatic heterocycles. The Bertz CT molecular complexity index is 1260. The smallest absolute Gasteiger partial charge is 0.278 e. The fraction of sp³-hybridized carbons (Fsp3) is 0.148. The van der Waals surface area contributed by atoms with Crippen LogP contribution in [-0.2, 0) is 21.1 Å². The maximum absolute atomic E-state index is 14.4. The Hall–Kier alpha value is -3.73. The van der Waals surface area contributed by atoms with Crippen molar-refractivity contribution in [2.75, 3.05) is 18.6 Å². The first-order valence-corrected chi connectivity index (χ1v) is 12.4. The zero-order valence-corrected chi connectivity index (χ0v) is 21.9. The van der Waals surface area contributed by atoms with Gasteiger partial charge in [-0.25, -0.2) is 0 Å². The number of benzene rings is 3. The van der Waals surface area contributed by atoms with E-state index in [9.17, 15) is 9.18 Å². The van der Waals surface area contributed by atoms with Crippen molar-refractivity contribution in [2.24, 2.45) is 10.3 Å². The molecule has 36 heavy (non-hydrogen) atoms. The van der Waals surface area contributed by atoms with Gasteiger partial charge in [-0.15, -0.1) is 0 Å². The summed E-state index contributed by atoms with van der Waals surface area (Å²) in [5, 5.41) is 10.7. The molecule has 0 radical (unpaired) electrons. The third kappa shape index (κ3) is 7.64. The van der Waals surface area contributed by atoms with Crippen molar-refractivity contribution < 1.29 is 23.6 Å². The Morgan fingerprint density at radius 2 is 1.78 bits per heavy atom. The van der Waals surface area contributed by atoms with Gasteiger partial charge < -0.3 is 19.7 Å². The van der Waals surface area contributed by atoms with Gasteiger partial charge in [-0.05, 0) is 17.7 Å². The maximum Gasteiger partial charge on any atom is 0.278 e. The Balaban J connectivity index is 1.75. The molecule has 1 amide bonds. The predicted octanol–water partition coefficient (Wildman–Crippen LogP) is 5.49. The van der Waals surface area contributed by atoms with E-state index < -0.39 is 6.01 Å². The normalized spacial score (nSPS) is 12.2. The second-order valence-corrected chi connectivity index (χ2v) is 8.06. The van der Waals surface area contributed by atoms with Crippen molar-refractivity contribution in [1.82, 2.24) is 5.32 Å². The van der Waals surface area contributed by atoms with Crippen LogP contribution in [0.15, 0.2) is 95.2 Å². The number of alkyl halides is 1. The van der Waals surface area contributed by atoms with E-state index in [0.717, 1.165) is 5.56 Å². The molecule has 0 bridgehead atoms. The molecule has 0 saturated carbocycles. The number of nitrogens with one attached hydrogen (secondary N) is 1. The van der Waals surface area contributed by atoms with Crippen LogP contribution in [0.25, 0.3) is 6.08 Å². The first-order valence-electron chi connectivity index (χ1n) is 10.9. The summed E-state index contributed by atoms with van der Waals surface area (Å²) < 4.78 is 20.3. The fourth-order valence-electron chi connectivity index (χ4n) is 3.20. The lowest BCUT2D eigenvalue weighted by Crippen LogP contribution is -2.29. The van der Waals surface area contributed by atoms with E-state index in [-0.39, 0.29) is 18.2 Å². The Morgan fingerprint density at radius 1 is 1.03 bits per heavy atom. The molecular formula is C27H25FIN3O4. The highest BCUT2D eigenvalue weighted by molar-refractivity contribution is 14.1. The van der Waals surface area contributed by atoms with Gasteiger partial charge >= 0.3 is 0 Å². The molecule has 0 spiro atoms. The summed E-state index contributed by atoms with van der Waals surface area (Å²) in [6.45, 7) is 0.0979. The summed E-state index contributed by atoms with van der Waals surface area (Å²) in [5.74, 6) is -0.0443. The van der Waals surface area contributed by atoms with E-state index in [0.29, 0.717) is 32.6 Å². The van der Waals surface area contributed by atoms with Crippen LogP contribution in [0.4, 0.5) is 4.39 Å². The molecule has 0 saturated heterocycles. The average Bonchev–Trinajstić information content (AvgIpc) is 2.90. The van der Waals surface area contributed by atoms with Crippen LogP contribution in [0.2, 0.25) is 0 Å². The number of ether oxygens (including phenoxy) is 1. The number of amides is 1. The van der Waals surface area contributed by atoms with Crippen LogP contribution in [-0.4, -0.2) is 35.9 Å². The largest absolute Gasteiger partial charge is 0.432 e. The van der Waals surface area contributed by atoms with Gasteiger partial charge in [0.2, 0.25) is 0 Å². The fourth-order valence-corrected chi connectivity index (χ4v) is 3.77. The minimum atomic E-state index is -0.719. The van der Waals surface area contributed by atoms with E-state index in [2.05, 4.69) is 38.2 Å². The number of carbonyl (C=O) groups excluding carboxylic acids is 1. The van der Waals surface area contributed by atoms with Crippen molar-refractivity contribution in [3.05, 3.63) is 107 Å². The quantitative estimate of drug-likeness (QED) is 0.104. The molecular weight excluding hydrogens is 576 g/mol. The van der Waals surface area contributed by atoms with Crippen LogP contribution < -0.4 is 10.1 Å². The molecule has 0 unspecified atom stereocenters. The molecule has 0 fully saturated rings. The molecule has 0 aliphatic rings. The molecule has 186 valence electrons. The highest BCUT2D eigenvalue weighted by Gasteiger charge is 2.17. The summed E-state index contributed by atoms with van der Waals surface area (Å²) in [5.41, 5.74) is 3.48. The van der Waals surface area contributed by atoms with Gasteiger partial charge in [-0.2, -0.15) is 4.39 Å². The van der Waals surface area contributed by atoms with Gasteiger partial charge in [-0.1, -0.05) is 99.6 Å². The first-order chi connectivity index (χ1) is 17.5. The van der Waals surface area contributed by atoms with Gasteiger partial charge in [0.15, 0.2) is 5.71 Å². The van der Waals surface area contributed by atoms with Gasteiger partial charge in [0.1, 0.15) is 19.5 Å². The standard InChI is InChI=1S/C27H25FIN3O4/c1-30-27(33)26(32-34-2)23-14-7-6-11-21(23)18-35-31-24(17-29)20-12-8-13-22(16-20)36-25(28)15-19-9-4-3-5-10-19/h3-16H,17-18H2,1-2H3,(H,30,33). The Kier molecular flexibility index (Phi) is 10.4. The van der Waals surface area contributed by atoms with Crippen LogP contribution in [0, 0.1) is 0 Å². The number of halogens is 2. The van der Waals surface area contributed by atoms with Crippen molar-refractivity contribution >= 4 is 46.0 Å². The van der Waals surface area contributed by atoms with Crippen molar-refractivity contribution in [3.8, 4) is 5.75 Å². The third-order valence-corrected chi connectivity index (χ3v) is 5.60. The van der Waals surface area contributed by atoms with Gasteiger partial charge in [-0.3, -0.25) is 4.79 Å². The summed E-state index contributed by atoms with van der Waals surface area (Å²) in [6, 6.07) is 22.5. The topological polar surface area (TPSA) is 81.5 Å². The number of carbonyl (C=O) groups is 1. The lowest BCUT2D eigenvalue weighted by Gasteiger charge is -2.11. The highest BCUT2D eigenvalue weighted by atomic mass is 127. The highest BCUT2D eigenvalue weighted by Crippen LogP contribution is 2.20. The maximum atomic E-state index is 14.4. The van der Waals surface area contributed by atoms with Gasteiger partial charge in [0, 0.05) is 34.2 Å². The predicted molar refractivity (Wildman–Crippen MR) is 147 cm³/mol. The Morgan fingerprint density at radius 3 is 2.50 bits per heavy atom. The second kappa shape index (κ2) is 14.0. The van der Waals surface area contributed by atoms with Crippen LogP contribution in [0.1, 0.15) is 22.3 Å². The number of rotatable bonds is 11. The van der Waals surface area contributed by atoms with E-state index >= 15 is 0 Å². The molecule has 0 aromatic heterocycles. The van der Waals surface area contributed by atoms with Crippen molar-refractivity contribution in [1.29, 1.82) is 0 Å². The molecule has 0 atom stereocenters. The molecule has 1 N–H and O–H groups in total. The minimum absolute atomic E-state index is 0.0979. The lowest BCUT2D eigenvalue weighted by molar-refractivity contribution is -0.114. The molecule has 3 rings (SSSR count). The monoisotopic (exact) mass is 601 g/mol. The molecule has 0 heterocycles. The molecule has 3 aromatic carbocycles. The summed E-state index contributed by atoms with van der Waals surface area (Å²) in [4.78, 5) is 22.7. The van der Waals surface area contributed by atoms with Crippen LogP contribution in [0.3, 0.4) is 0 Å². The van der Waals surface area contributed by atoms with Crippen LogP contribution >= 0.6 is 22.6 Å². The number of hydrogen-bond donors (Lipinski definition) is 1. The van der Waals surface area contributed by atoms with E-state index in [1.165, 1.54) is 20.2 Å². The summed E-state index contributed by atoms with van der Waals surface area (Å²) >= 11 is 2.18. The zero-order chi connectivity index (χ0) is 25.8. The second-order valence-electron chi connectivity index (χ2n) is 7.29. The SMILES string of the molecule is CNC(=O)C(=NOC)c1ccccc1CON=C(CI)c1cccc(OC(F)=Cc2ccccc2)c1. The first kappa shape index (κ1) is 26.9. The summed E-state index contributed by atoms with van der Waals surface area (Å²) in [6.07, 6.45) is 1.32.